The predicted molar refractivity (Wildman–Crippen MR) is 217 cm³/mol. The van der Waals surface area contributed by atoms with Crippen molar-refractivity contribution in [3.8, 4) is 11.5 Å². The van der Waals surface area contributed by atoms with Gasteiger partial charge in [0.05, 0.1) is 36.8 Å². The molecule has 0 radical (unpaired) electrons. The Labute approximate surface area is 330 Å². The zero-order valence-electron chi connectivity index (χ0n) is 33.5. The molecule has 1 aromatic heterocycles. The van der Waals surface area contributed by atoms with Crippen LogP contribution >= 0.6 is 0 Å². The molecule has 7 rings (SSSR count). The lowest BCUT2D eigenvalue weighted by atomic mass is 9.86. The van der Waals surface area contributed by atoms with Crippen LogP contribution in [0.5, 0.6) is 11.5 Å². The molecule has 0 aliphatic carbocycles. The molecule has 0 unspecified atom stereocenters. The number of alkyl halides is 2. The molecule has 9 nitrogen and oxygen atoms in total. The largest absolute Gasteiger partial charge is 0.454 e. The second kappa shape index (κ2) is 15.4. The number of ether oxygens (including phenoxy) is 3. The smallest absolute Gasteiger partial charge is 0.410 e. The van der Waals surface area contributed by atoms with Crippen LogP contribution in [0, 0.1) is 0 Å². The third kappa shape index (κ3) is 8.28. The molecule has 56 heavy (non-hydrogen) atoms. The van der Waals surface area contributed by atoms with Gasteiger partial charge in [-0.1, -0.05) is 81.4 Å². The Morgan fingerprint density at radius 2 is 1.57 bits per heavy atom. The molecule has 3 atom stereocenters. The molecule has 0 spiro atoms. The lowest BCUT2D eigenvalue weighted by molar-refractivity contribution is -0.0821. The first kappa shape index (κ1) is 39.7. The lowest BCUT2D eigenvalue weighted by Crippen LogP contribution is -2.67. The van der Waals surface area contributed by atoms with Gasteiger partial charge in [0.15, 0.2) is 11.5 Å². The molecule has 4 heterocycles. The van der Waals surface area contributed by atoms with Gasteiger partial charge in [-0.3, -0.25) is 9.88 Å². The van der Waals surface area contributed by atoms with E-state index in [-0.39, 0.29) is 25.0 Å². The summed E-state index contributed by atoms with van der Waals surface area (Å²) in [5.41, 5.74) is 2.76. The number of fused-ring (bicyclic) bond motifs is 2. The van der Waals surface area contributed by atoms with Crippen molar-refractivity contribution in [2.75, 3.05) is 38.4 Å². The number of benzene rings is 3. The molecular weight excluding hydrogens is 731 g/mol. The summed E-state index contributed by atoms with van der Waals surface area (Å²) >= 11 is 0. The Bertz CT molecular complexity index is 1950. The van der Waals surface area contributed by atoms with Gasteiger partial charge in [0.1, 0.15) is 5.60 Å². The van der Waals surface area contributed by atoms with E-state index in [1.165, 1.54) is 0 Å². The summed E-state index contributed by atoms with van der Waals surface area (Å²) in [7, 11) is -3.21. The van der Waals surface area contributed by atoms with Crippen molar-refractivity contribution in [1.82, 2.24) is 14.8 Å². The molecular formula is C44H54F2N4O5Si. The molecule has 3 aromatic carbocycles. The van der Waals surface area contributed by atoms with Crippen LogP contribution in [-0.2, 0) is 15.6 Å². The zero-order chi connectivity index (χ0) is 39.9. The normalized spacial score (nSPS) is 20.2. The summed E-state index contributed by atoms with van der Waals surface area (Å²) in [6.45, 7) is 13.8. The fourth-order valence-corrected chi connectivity index (χ4v) is 13.0. The highest BCUT2D eigenvalue weighted by atomic mass is 28.4. The number of hydrogen-bond donors (Lipinski definition) is 1. The zero-order valence-corrected chi connectivity index (χ0v) is 34.5. The van der Waals surface area contributed by atoms with Gasteiger partial charge in [0, 0.05) is 25.2 Å². The Morgan fingerprint density at radius 1 is 0.929 bits per heavy atom. The van der Waals surface area contributed by atoms with Gasteiger partial charge in [-0.2, -0.15) is 0 Å². The van der Waals surface area contributed by atoms with E-state index >= 15 is 8.78 Å². The van der Waals surface area contributed by atoms with Crippen LogP contribution in [0.4, 0.5) is 19.3 Å². The molecule has 1 saturated heterocycles. The van der Waals surface area contributed by atoms with Crippen LogP contribution in [0.2, 0.25) is 5.04 Å². The third-order valence-electron chi connectivity index (χ3n) is 10.9. The minimum atomic E-state index is -3.21. The van der Waals surface area contributed by atoms with E-state index < -0.39 is 44.1 Å². The molecule has 3 aliphatic heterocycles. The predicted octanol–water partition coefficient (Wildman–Crippen LogP) is 7.78. The van der Waals surface area contributed by atoms with E-state index in [4.69, 9.17) is 23.6 Å². The second-order valence-corrected chi connectivity index (χ2v) is 21.7. The summed E-state index contributed by atoms with van der Waals surface area (Å²) in [6.07, 6.45) is 2.75. The molecule has 1 fully saturated rings. The SMILES string of the molecule is C[C@@H]1Cc2cc3c(cc2[C@@H](c2ccc(N[C@H]4CCN(C(=O)OC(C)(C)C)C4)cn2)N1CC(F)(F)CO[Si](c1ccccc1)(c1ccccc1)C(C)(C)C)OCO3. The number of nitrogens with one attached hydrogen (secondary N) is 1. The highest BCUT2D eigenvalue weighted by Crippen LogP contribution is 2.45. The minimum Gasteiger partial charge on any atom is -0.454 e. The summed E-state index contributed by atoms with van der Waals surface area (Å²) in [5.74, 6) is -1.95. The fraction of sp³-hybridized carbons (Fsp3) is 0.455. The number of rotatable bonds is 10. The fourth-order valence-electron chi connectivity index (χ4n) is 8.42. The number of likely N-dealkylation sites (tertiary alicyclic amines) is 1. The Hall–Kier alpha value is -4.52. The van der Waals surface area contributed by atoms with Crippen molar-refractivity contribution in [2.45, 2.75) is 96.0 Å². The Morgan fingerprint density at radius 3 is 2.16 bits per heavy atom. The van der Waals surface area contributed by atoms with E-state index in [9.17, 15) is 4.79 Å². The van der Waals surface area contributed by atoms with E-state index in [1.807, 2.05) is 118 Å². The number of pyridine rings is 1. The number of amides is 1. The second-order valence-electron chi connectivity index (χ2n) is 17.4. The first-order chi connectivity index (χ1) is 26.5. The molecule has 3 aliphatic rings. The van der Waals surface area contributed by atoms with Crippen LogP contribution in [0.15, 0.2) is 91.1 Å². The maximum atomic E-state index is 16.8. The average molecular weight is 785 g/mol. The summed E-state index contributed by atoms with van der Waals surface area (Å²) in [6, 6.07) is 26.7. The number of carbonyl (C=O) groups excluding carboxylic acids is 1. The van der Waals surface area contributed by atoms with Crippen LogP contribution in [-0.4, -0.2) is 85.8 Å². The minimum absolute atomic E-state index is 0.0241. The van der Waals surface area contributed by atoms with Crippen molar-refractivity contribution < 1.29 is 32.2 Å². The van der Waals surface area contributed by atoms with Crippen LogP contribution in [0.25, 0.3) is 0 Å². The lowest BCUT2D eigenvalue weighted by Gasteiger charge is -2.45. The highest BCUT2D eigenvalue weighted by Gasteiger charge is 2.52. The Balaban J connectivity index is 1.16. The van der Waals surface area contributed by atoms with E-state index in [2.05, 4.69) is 26.1 Å². The topological polar surface area (TPSA) is 85.4 Å². The number of aromatic nitrogens is 1. The van der Waals surface area contributed by atoms with Gasteiger partial charge in [-0.15, -0.1) is 0 Å². The highest BCUT2D eigenvalue weighted by molar-refractivity contribution is 6.99. The molecule has 1 amide bonds. The van der Waals surface area contributed by atoms with Crippen molar-refractivity contribution in [3.63, 3.8) is 0 Å². The van der Waals surface area contributed by atoms with Gasteiger partial charge in [-0.25, -0.2) is 13.6 Å². The summed E-state index contributed by atoms with van der Waals surface area (Å²) < 4.78 is 57.5. The molecule has 0 bridgehead atoms. The van der Waals surface area contributed by atoms with Gasteiger partial charge in [0.2, 0.25) is 6.79 Å². The maximum Gasteiger partial charge on any atom is 0.410 e. The van der Waals surface area contributed by atoms with Crippen molar-refractivity contribution in [3.05, 3.63) is 108 Å². The standard InChI is InChI=1S/C44H54F2N4O5Si/c1-30-22-31-23-38-39(53-29-52-38)24-36(31)40(37-19-18-32(25-47-37)48-33-20-21-49(26-33)41(51)55-42(2,3)4)50(30)27-44(45,46)28-54-56(43(5,6)7,34-14-10-8-11-15-34)35-16-12-9-13-17-35/h8-19,23-25,30,33,40,48H,20-22,26-29H2,1-7H3/t30-,33+,40+/m1/s1. The number of carbonyl (C=O) groups is 1. The van der Waals surface area contributed by atoms with Crippen LogP contribution in [0.1, 0.15) is 77.7 Å². The van der Waals surface area contributed by atoms with Crippen LogP contribution in [0.3, 0.4) is 0 Å². The van der Waals surface area contributed by atoms with Gasteiger partial charge in [0.25, 0.3) is 14.2 Å². The van der Waals surface area contributed by atoms with Gasteiger partial charge in [-0.05, 0) is 91.3 Å². The Kier molecular flexibility index (Phi) is 10.9. The van der Waals surface area contributed by atoms with E-state index in [0.29, 0.717) is 36.7 Å². The van der Waals surface area contributed by atoms with Crippen LogP contribution < -0.4 is 25.2 Å². The quantitative estimate of drug-likeness (QED) is 0.163. The molecule has 1 N–H and O–H groups in total. The van der Waals surface area contributed by atoms with Crippen molar-refractivity contribution in [1.29, 1.82) is 0 Å². The number of hydrogen-bond acceptors (Lipinski definition) is 8. The molecule has 12 heteroatoms. The van der Waals surface area contributed by atoms with Gasteiger partial charge < -0.3 is 28.9 Å². The van der Waals surface area contributed by atoms with E-state index in [1.54, 1.807) is 11.1 Å². The first-order valence-corrected chi connectivity index (χ1v) is 21.5. The monoisotopic (exact) mass is 784 g/mol. The third-order valence-corrected chi connectivity index (χ3v) is 15.9. The first-order valence-electron chi connectivity index (χ1n) is 19.5. The van der Waals surface area contributed by atoms with E-state index in [0.717, 1.165) is 33.6 Å². The van der Waals surface area contributed by atoms with Crippen molar-refractivity contribution in [2.24, 2.45) is 0 Å². The summed E-state index contributed by atoms with van der Waals surface area (Å²) in [5, 5.41) is 4.97. The number of nitrogens with zero attached hydrogens (tertiary/aromatic N) is 3. The average Bonchev–Trinajstić information content (AvgIpc) is 3.81. The summed E-state index contributed by atoms with van der Waals surface area (Å²) in [4.78, 5) is 21.1. The number of halogens is 2. The molecule has 4 aromatic rings. The maximum absolute atomic E-state index is 16.8. The molecule has 0 saturated carbocycles. The number of anilines is 1. The van der Waals surface area contributed by atoms with Gasteiger partial charge >= 0.3 is 6.09 Å². The molecule has 298 valence electrons. The van der Waals surface area contributed by atoms with Crippen molar-refractivity contribution >= 4 is 30.5 Å².